The van der Waals surface area contributed by atoms with Crippen molar-refractivity contribution in [2.75, 3.05) is 18.4 Å². The lowest BCUT2D eigenvalue weighted by molar-refractivity contribution is -0.121. The first-order valence-corrected chi connectivity index (χ1v) is 10.8. The second kappa shape index (κ2) is 9.45. The molecule has 31 heavy (non-hydrogen) atoms. The second-order valence-corrected chi connectivity index (χ2v) is 8.34. The Kier molecular flexibility index (Phi) is 6.49. The molecule has 0 spiro atoms. The fraction of sp³-hybridized carbons (Fsp3) is 0.292. The van der Waals surface area contributed by atoms with Gasteiger partial charge >= 0.3 is 0 Å². The van der Waals surface area contributed by atoms with Gasteiger partial charge in [0, 0.05) is 24.5 Å². The van der Waals surface area contributed by atoms with Crippen LogP contribution in [0.1, 0.15) is 31.2 Å². The third-order valence-corrected chi connectivity index (χ3v) is 6.06. The van der Waals surface area contributed by atoms with Crippen molar-refractivity contribution in [3.8, 4) is 11.1 Å². The lowest BCUT2D eigenvalue weighted by Gasteiger charge is -2.36. The number of halogens is 1. The van der Waals surface area contributed by atoms with Gasteiger partial charge in [-0.2, -0.15) is 0 Å². The maximum absolute atomic E-state index is 12.8. The number of hydrogen-bond donors (Lipinski definition) is 2. The van der Waals surface area contributed by atoms with E-state index in [4.69, 9.17) is 11.6 Å². The number of H-pyrrole nitrogens is 1. The van der Waals surface area contributed by atoms with Crippen molar-refractivity contribution in [3.63, 3.8) is 0 Å². The Morgan fingerprint density at radius 1 is 1.26 bits per heavy atom. The summed E-state index contributed by atoms with van der Waals surface area (Å²) in [5, 5.41) is 3.39. The van der Waals surface area contributed by atoms with Gasteiger partial charge in [0.2, 0.25) is 5.91 Å². The van der Waals surface area contributed by atoms with Crippen LogP contribution >= 0.6 is 11.6 Å². The van der Waals surface area contributed by atoms with Crippen LogP contribution in [0, 0.1) is 0 Å². The van der Waals surface area contributed by atoms with Crippen LogP contribution in [-0.4, -0.2) is 39.9 Å². The monoisotopic (exact) mass is 436 g/mol. The summed E-state index contributed by atoms with van der Waals surface area (Å²) in [7, 11) is 0. The third-order valence-electron chi connectivity index (χ3n) is 5.84. The zero-order valence-electron chi connectivity index (χ0n) is 17.3. The fourth-order valence-electron chi connectivity index (χ4n) is 4.04. The largest absolute Gasteiger partial charge is 0.328 e. The van der Waals surface area contributed by atoms with Gasteiger partial charge in [0.05, 0.1) is 11.1 Å². The van der Waals surface area contributed by atoms with Gasteiger partial charge in [-0.15, -0.1) is 0 Å². The summed E-state index contributed by atoms with van der Waals surface area (Å²) in [6.45, 7) is 3.52. The summed E-state index contributed by atoms with van der Waals surface area (Å²) in [6, 6.07) is 14.8. The minimum Gasteiger partial charge on any atom is -0.328 e. The van der Waals surface area contributed by atoms with Gasteiger partial charge in [0.25, 0.3) is 5.56 Å². The van der Waals surface area contributed by atoms with Gasteiger partial charge in [-0.3, -0.25) is 14.5 Å². The first-order valence-electron chi connectivity index (χ1n) is 10.5. The van der Waals surface area contributed by atoms with Crippen LogP contribution in [0.2, 0.25) is 5.02 Å². The Bertz CT molecular complexity index is 1100. The molecule has 1 fully saturated rings. The normalized spacial score (nSPS) is 17.8. The summed E-state index contributed by atoms with van der Waals surface area (Å²) >= 11 is 5.86. The highest BCUT2D eigenvalue weighted by Crippen LogP contribution is 2.29. The molecule has 0 unspecified atom stereocenters. The number of hydrogen-bond acceptors (Lipinski definition) is 4. The van der Waals surface area contributed by atoms with Crippen molar-refractivity contribution >= 4 is 23.3 Å². The molecule has 3 aromatic rings. The van der Waals surface area contributed by atoms with Gasteiger partial charge in [-0.25, -0.2) is 4.98 Å². The second-order valence-electron chi connectivity index (χ2n) is 7.90. The van der Waals surface area contributed by atoms with Crippen LogP contribution in [0.25, 0.3) is 11.1 Å². The smallest absolute Gasteiger partial charge is 0.255 e. The average molecular weight is 437 g/mol. The van der Waals surface area contributed by atoms with Crippen molar-refractivity contribution in [1.82, 2.24) is 14.9 Å². The summed E-state index contributed by atoms with van der Waals surface area (Å²) < 4.78 is 0. The molecular weight excluding hydrogens is 412 g/mol. The Labute approximate surface area is 186 Å². The van der Waals surface area contributed by atoms with E-state index >= 15 is 0 Å². The van der Waals surface area contributed by atoms with E-state index in [9.17, 15) is 9.59 Å². The molecule has 1 aliphatic heterocycles. The molecule has 1 aliphatic rings. The molecular formula is C24H25ClN4O2. The number of pyridine rings is 2. The highest BCUT2D eigenvalue weighted by atomic mass is 35.5. The molecule has 160 valence electrons. The van der Waals surface area contributed by atoms with E-state index in [0.717, 1.165) is 37.1 Å². The molecule has 0 radical (unpaired) electrons. The van der Waals surface area contributed by atoms with Crippen LogP contribution in [0.3, 0.4) is 0 Å². The lowest BCUT2D eigenvalue weighted by atomic mass is 9.89. The van der Waals surface area contributed by atoms with Crippen LogP contribution in [0.5, 0.6) is 0 Å². The molecule has 1 amide bonds. The number of piperidine rings is 1. The van der Waals surface area contributed by atoms with Gasteiger partial charge in [0.1, 0.15) is 5.82 Å². The van der Waals surface area contributed by atoms with Crippen LogP contribution in [0.4, 0.5) is 5.82 Å². The number of nitrogens with one attached hydrogen (secondary N) is 2. The Morgan fingerprint density at radius 2 is 2.06 bits per heavy atom. The topological polar surface area (TPSA) is 78.1 Å². The molecule has 4 rings (SSSR count). The van der Waals surface area contributed by atoms with Crippen molar-refractivity contribution in [2.45, 2.75) is 31.7 Å². The standard InChI is InChI=1S/C24H25ClN4O2/c1-16(23(30)28-22-10-9-20(25)14-26-22)29-11-5-8-18(15-29)19-12-21(24(31)27-13-19)17-6-3-2-4-7-17/h2-4,6-7,9-10,12-14,16,18H,5,8,11,15H2,1H3,(H,27,31)(H,26,28,30)/t16-,18+/m0/s1. The Balaban J connectivity index is 1.47. The van der Waals surface area contributed by atoms with E-state index in [-0.39, 0.29) is 23.4 Å². The van der Waals surface area contributed by atoms with Crippen molar-refractivity contribution in [2.24, 2.45) is 0 Å². The number of amides is 1. The van der Waals surface area contributed by atoms with E-state index in [2.05, 4.69) is 20.2 Å². The highest BCUT2D eigenvalue weighted by molar-refractivity contribution is 6.30. The summed E-state index contributed by atoms with van der Waals surface area (Å²) in [5.41, 5.74) is 2.58. The molecule has 6 nitrogen and oxygen atoms in total. The lowest BCUT2D eigenvalue weighted by Crippen LogP contribution is -2.46. The van der Waals surface area contributed by atoms with E-state index in [0.29, 0.717) is 16.4 Å². The first-order chi connectivity index (χ1) is 15.0. The minimum atomic E-state index is -0.295. The van der Waals surface area contributed by atoms with E-state index in [1.807, 2.05) is 49.5 Å². The molecule has 1 saturated heterocycles. The summed E-state index contributed by atoms with van der Waals surface area (Å²) in [6.07, 6.45) is 5.33. The number of carbonyl (C=O) groups excluding carboxylic acids is 1. The average Bonchev–Trinajstić information content (AvgIpc) is 2.81. The molecule has 2 N–H and O–H groups in total. The Morgan fingerprint density at radius 3 is 2.81 bits per heavy atom. The maximum Gasteiger partial charge on any atom is 0.255 e. The van der Waals surface area contributed by atoms with Crippen LogP contribution in [-0.2, 0) is 4.79 Å². The number of nitrogens with zero attached hydrogens (tertiary/aromatic N) is 2. The predicted octanol–water partition coefficient (Wildman–Crippen LogP) is 4.30. The van der Waals surface area contributed by atoms with Crippen molar-refractivity contribution in [3.05, 3.63) is 81.9 Å². The molecule has 2 aromatic heterocycles. The fourth-order valence-corrected chi connectivity index (χ4v) is 4.16. The maximum atomic E-state index is 12.8. The van der Waals surface area contributed by atoms with Gasteiger partial charge in [0.15, 0.2) is 0 Å². The van der Waals surface area contributed by atoms with E-state index in [1.54, 1.807) is 12.1 Å². The molecule has 3 heterocycles. The number of carbonyl (C=O) groups is 1. The number of aromatic nitrogens is 2. The van der Waals surface area contributed by atoms with Gasteiger partial charge < -0.3 is 10.3 Å². The van der Waals surface area contributed by atoms with Gasteiger partial charge in [-0.1, -0.05) is 41.9 Å². The van der Waals surface area contributed by atoms with E-state index < -0.39 is 0 Å². The number of anilines is 1. The number of likely N-dealkylation sites (tertiary alicyclic amines) is 1. The van der Waals surface area contributed by atoms with E-state index in [1.165, 1.54) is 6.20 Å². The zero-order chi connectivity index (χ0) is 21.8. The molecule has 0 aliphatic carbocycles. The molecule has 7 heteroatoms. The molecule has 2 atom stereocenters. The van der Waals surface area contributed by atoms with Crippen molar-refractivity contribution < 1.29 is 4.79 Å². The number of rotatable bonds is 5. The van der Waals surface area contributed by atoms with Crippen LogP contribution in [0.15, 0.2) is 65.7 Å². The quantitative estimate of drug-likeness (QED) is 0.625. The summed E-state index contributed by atoms with van der Waals surface area (Å²) in [4.78, 5) is 34.4. The third kappa shape index (κ3) is 5.03. The van der Waals surface area contributed by atoms with Gasteiger partial charge in [-0.05, 0) is 61.6 Å². The van der Waals surface area contributed by atoms with Crippen LogP contribution < -0.4 is 10.9 Å². The molecule has 0 saturated carbocycles. The van der Waals surface area contributed by atoms with Crippen molar-refractivity contribution in [1.29, 1.82) is 0 Å². The predicted molar refractivity (Wildman–Crippen MR) is 123 cm³/mol. The SMILES string of the molecule is C[C@@H](C(=O)Nc1ccc(Cl)cn1)N1CCC[C@@H](c2c[nH]c(=O)c(-c3ccccc3)c2)C1. The Hall–Kier alpha value is -2.96. The summed E-state index contributed by atoms with van der Waals surface area (Å²) in [5.74, 6) is 0.641. The molecule has 0 bridgehead atoms. The first kappa shape index (κ1) is 21.3. The minimum absolute atomic E-state index is 0.0918. The number of benzene rings is 1. The molecule has 1 aromatic carbocycles. The number of aromatic amines is 1. The highest BCUT2D eigenvalue weighted by Gasteiger charge is 2.28. The zero-order valence-corrected chi connectivity index (χ0v) is 18.1.